The van der Waals surface area contributed by atoms with E-state index >= 15 is 0 Å². The van der Waals surface area contributed by atoms with Gasteiger partial charge in [0.2, 0.25) is 16.0 Å². The minimum atomic E-state index is -3.36. The van der Waals surface area contributed by atoms with E-state index in [1.54, 1.807) is 24.5 Å². The molecular formula is C20H27N5O4S. The standard InChI is InChI=1S/C20H27N5O4S/c1-17-6-2-3-7-18(17)29-16-19(26)21-10-5-15-30(27,28)25-13-11-24(12-14-25)20-22-8-4-9-23-20/h2-4,6-9H,5,10-16H2,1H3,(H,21,26). The minimum Gasteiger partial charge on any atom is -0.484 e. The number of carbonyl (C=O) groups excluding carboxylic acids is 1. The van der Waals surface area contributed by atoms with Crippen molar-refractivity contribution in [1.82, 2.24) is 19.6 Å². The molecule has 0 radical (unpaired) electrons. The fourth-order valence-corrected chi connectivity index (χ4v) is 4.63. The van der Waals surface area contributed by atoms with E-state index < -0.39 is 10.0 Å². The van der Waals surface area contributed by atoms with Crippen LogP contribution in [0.4, 0.5) is 5.95 Å². The number of ether oxygens (including phenoxy) is 1. The van der Waals surface area contributed by atoms with Crippen LogP contribution in [0, 0.1) is 6.92 Å². The first-order valence-electron chi connectivity index (χ1n) is 9.90. The summed E-state index contributed by atoms with van der Waals surface area (Å²) in [7, 11) is -3.36. The van der Waals surface area contributed by atoms with Crippen LogP contribution in [0.2, 0.25) is 0 Å². The number of aromatic nitrogens is 2. The van der Waals surface area contributed by atoms with E-state index in [9.17, 15) is 13.2 Å². The largest absolute Gasteiger partial charge is 0.484 e. The number of sulfonamides is 1. The van der Waals surface area contributed by atoms with Crippen molar-refractivity contribution in [3.05, 3.63) is 48.3 Å². The zero-order chi connectivity index (χ0) is 21.4. The average Bonchev–Trinajstić information content (AvgIpc) is 2.77. The van der Waals surface area contributed by atoms with Gasteiger partial charge >= 0.3 is 0 Å². The highest BCUT2D eigenvalue weighted by atomic mass is 32.2. The van der Waals surface area contributed by atoms with Crippen LogP contribution in [0.5, 0.6) is 5.75 Å². The Morgan fingerprint density at radius 3 is 2.50 bits per heavy atom. The van der Waals surface area contributed by atoms with Crippen molar-refractivity contribution in [2.75, 3.05) is 50.0 Å². The van der Waals surface area contributed by atoms with Crippen LogP contribution < -0.4 is 15.0 Å². The zero-order valence-corrected chi connectivity index (χ0v) is 17.8. The second-order valence-corrected chi connectivity index (χ2v) is 9.10. The van der Waals surface area contributed by atoms with E-state index in [0.717, 1.165) is 5.56 Å². The third-order valence-corrected chi connectivity index (χ3v) is 6.78. The summed E-state index contributed by atoms with van der Waals surface area (Å²) >= 11 is 0. The highest BCUT2D eigenvalue weighted by molar-refractivity contribution is 7.89. The molecule has 0 unspecified atom stereocenters. The molecule has 3 rings (SSSR count). The van der Waals surface area contributed by atoms with E-state index in [2.05, 4.69) is 15.3 Å². The number of hydrogen-bond donors (Lipinski definition) is 1. The molecule has 0 bridgehead atoms. The number of piperazine rings is 1. The first kappa shape index (κ1) is 22.0. The molecule has 0 spiro atoms. The van der Waals surface area contributed by atoms with Crippen LogP contribution in [-0.2, 0) is 14.8 Å². The van der Waals surface area contributed by atoms with Crippen molar-refractivity contribution in [3.63, 3.8) is 0 Å². The second kappa shape index (κ2) is 10.4. The van der Waals surface area contributed by atoms with Crippen LogP contribution in [0.3, 0.4) is 0 Å². The summed E-state index contributed by atoms with van der Waals surface area (Å²) in [4.78, 5) is 22.3. The van der Waals surface area contributed by atoms with Gasteiger partial charge in [0, 0.05) is 45.1 Å². The fraction of sp³-hybridized carbons (Fsp3) is 0.450. The predicted octanol–water partition coefficient (Wildman–Crippen LogP) is 0.822. The molecule has 1 N–H and O–H groups in total. The van der Waals surface area contributed by atoms with E-state index in [4.69, 9.17) is 4.74 Å². The number of benzene rings is 1. The molecular weight excluding hydrogens is 406 g/mol. The Kier molecular flexibility index (Phi) is 7.58. The van der Waals surface area contributed by atoms with Crippen molar-refractivity contribution in [3.8, 4) is 5.75 Å². The quantitative estimate of drug-likeness (QED) is 0.584. The van der Waals surface area contributed by atoms with Gasteiger partial charge in [0.1, 0.15) is 5.75 Å². The van der Waals surface area contributed by atoms with Crippen molar-refractivity contribution in [2.24, 2.45) is 0 Å². The fourth-order valence-electron chi connectivity index (χ4n) is 3.14. The van der Waals surface area contributed by atoms with Gasteiger partial charge in [-0.05, 0) is 31.0 Å². The second-order valence-electron chi connectivity index (χ2n) is 7.01. The number of rotatable bonds is 9. The number of amides is 1. The van der Waals surface area contributed by atoms with Gasteiger partial charge in [0.05, 0.1) is 5.75 Å². The molecule has 2 aromatic rings. The molecule has 30 heavy (non-hydrogen) atoms. The number of aryl methyl sites for hydroxylation is 1. The number of nitrogens with zero attached hydrogens (tertiary/aromatic N) is 4. The van der Waals surface area contributed by atoms with E-state index in [1.165, 1.54) is 4.31 Å². The first-order chi connectivity index (χ1) is 14.5. The molecule has 1 aliphatic rings. The van der Waals surface area contributed by atoms with Gasteiger partial charge in [0.25, 0.3) is 5.91 Å². The van der Waals surface area contributed by atoms with Crippen LogP contribution in [0.25, 0.3) is 0 Å². The maximum absolute atomic E-state index is 12.6. The number of anilines is 1. The minimum absolute atomic E-state index is 0.00618. The lowest BCUT2D eigenvalue weighted by Gasteiger charge is -2.33. The molecule has 1 aliphatic heterocycles. The molecule has 1 saturated heterocycles. The molecule has 1 fully saturated rings. The number of carbonyl (C=O) groups is 1. The Bertz CT molecular complexity index is 931. The van der Waals surface area contributed by atoms with Crippen LogP contribution >= 0.6 is 0 Å². The summed E-state index contributed by atoms with van der Waals surface area (Å²) in [5, 5.41) is 2.70. The molecule has 1 amide bonds. The molecule has 1 aromatic heterocycles. The van der Waals surface area contributed by atoms with Gasteiger partial charge in [-0.2, -0.15) is 4.31 Å². The highest BCUT2D eigenvalue weighted by Crippen LogP contribution is 2.16. The maximum atomic E-state index is 12.6. The van der Waals surface area contributed by atoms with Crippen molar-refractivity contribution < 1.29 is 17.9 Å². The summed E-state index contributed by atoms with van der Waals surface area (Å²) in [5.74, 6) is 1.00. The van der Waals surface area contributed by atoms with Crippen molar-refractivity contribution >= 4 is 21.9 Å². The number of hydrogen-bond acceptors (Lipinski definition) is 7. The summed E-state index contributed by atoms with van der Waals surface area (Å²) < 4.78 is 32.1. The Morgan fingerprint density at radius 2 is 1.80 bits per heavy atom. The third kappa shape index (κ3) is 6.14. The Morgan fingerprint density at radius 1 is 1.10 bits per heavy atom. The number of nitrogens with one attached hydrogen (secondary N) is 1. The lowest BCUT2D eigenvalue weighted by Crippen LogP contribution is -2.50. The van der Waals surface area contributed by atoms with Gasteiger partial charge in [-0.3, -0.25) is 4.79 Å². The van der Waals surface area contributed by atoms with Crippen molar-refractivity contribution in [2.45, 2.75) is 13.3 Å². The predicted molar refractivity (Wildman–Crippen MR) is 114 cm³/mol. The summed E-state index contributed by atoms with van der Waals surface area (Å²) in [6.07, 6.45) is 3.69. The summed E-state index contributed by atoms with van der Waals surface area (Å²) in [6, 6.07) is 9.21. The summed E-state index contributed by atoms with van der Waals surface area (Å²) in [5.41, 5.74) is 0.954. The van der Waals surface area contributed by atoms with Crippen LogP contribution in [0.1, 0.15) is 12.0 Å². The molecule has 10 heteroatoms. The molecule has 0 saturated carbocycles. The Labute approximate surface area is 177 Å². The third-order valence-electron chi connectivity index (χ3n) is 4.82. The molecule has 162 valence electrons. The molecule has 0 atom stereocenters. The smallest absolute Gasteiger partial charge is 0.257 e. The average molecular weight is 434 g/mol. The van der Waals surface area contributed by atoms with E-state index in [1.807, 2.05) is 30.0 Å². The molecule has 2 heterocycles. The monoisotopic (exact) mass is 433 g/mol. The zero-order valence-electron chi connectivity index (χ0n) is 17.0. The molecule has 0 aliphatic carbocycles. The van der Waals surface area contributed by atoms with Gasteiger partial charge in [-0.15, -0.1) is 0 Å². The lowest BCUT2D eigenvalue weighted by molar-refractivity contribution is -0.123. The molecule has 9 nitrogen and oxygen atoms in total. The van der Waals surface area contributed by atoms with Gasteiger partial charge < -0.3 is 15.0 Å². The summed E-state index contributed by atoms with van der Waals surface area (Å²) in [6.45, 7) is 4.00. The Balaban J connectivity index is 1.35. The van der Waals surface area contributed by atoms with E-state index in [0.29, 0.717) is 44.3 Å². The normalized spacial score (nSPS) is 15.0. The first-order valence-corrected chi connectivity index (χ1v) is 11.5. The maximum Gasteiger partial charge on any atom is 0.257 e. The molecule has 1 aromatic carbocycles. The van der Waals surface area contributed by atoms with Crippen molar-refractivity contribution in [1.29, 1.82) is 0 Å². The highest BCUT2D eigenvalue weighted by Gasteiger charge is 2.27. The Hall–Kier alpha value is -2.72. The topological polar surface area (TPSA) is 105 Å². The van der Waals surface area contributed by atoms with Crippen LogP contribution in [0.15, 0.2) is 42.7 Å². The van der Waals surface area contributed by atoms with Crippen LogP contribution in [-0.4, -0.2) is 73.7 Å². The number of para-hydroxylation sites is 1. The SMILES string of the molecule is Cc1ccccc1OCC(=O)NCCCS(=O)(=O)N1CCN(c2ncccn2)CC1. The lowest BCUT2D eigenvalue weighted by atomic mass is 10.2. The van der Waals surface area contributed by atoms with Gasteiger partial charge in [0.15, 0.2) is 6.61 Å². The van der Waals surface area contributed by atoms with E-state index in [-0.39, 0.29) is 24.8 Å². The van der Waals surface area contributed by atoms with Gasteiger partial charge in [-0.1, -0.05) is 18.2 Å². The van der Waals surface area contributed by atoms with Gasteiger partial charge in [-0.25, -0.2) is 18.4 Å².